The molecule has 5 heteroatoms. The van der Waals surface area contributed by atoms with Gasteiger partial charge in [0.05, 0.1) is 13.0 Å². The molecule has 0 aromatic carbocycles. The highest BCUT2D eigenvalue weighted by atomic mass is 16.5. The second-order valence-electron chi connectivity index (χ2n) is 3.84. The summed E-state index contributed by atoms with van der Waals surface area (Å²) in [5.41, 5.74) is 0. The van der Waals surface area contributed by atoms with Crippen LogP contribution in [0, 0.1) is 5.92 Å². The van der Waals surface area contributed by atoms with Crippen molar-refractivity contribution >= 4 is 12.1 Å². The molecule has 15 heavy (non-hydrogen) atoms. The summed E-state index contributed by atoms with van der Waals surface area (Å²) in [6, 6.07) is -0.359. The standard InChI is InChI=1S/C10H19NO4/c1-4-8(5-9(12)13)11-10(14)15-6-7(2)3/h7-8H,4-6H2,1-3H3,(H,11,14)(H,12,13). The summed E-state index contributed by atoms with van der Waals surface area (Å²) in [6.45, 7) is 6.02. The van der Waals surface area contributed by atoms with Crippen molar-refractivity contribution in [3.63, 3.8) is 0 Å². The molecule has 0 fully saturated rings. The molecule has 0 bridgehead atoms. The fourth-order valence-corrected chi connectivity index (χ4v) is 0.959. The predicted octanol–water partition coefficient (Wildman–Crippen LogP) is 1.62. The predicted molar refractivity (Wildman–Crippen MR) is 55.7 cm³/mol. The normalized spacial score (nSPS) is 12.3. The van der Waals surface area contributed by atoms with Crippen LogP contribution in [0.2, 0.25) is 0 Å². The van der Waals surface area contributed by atoms with Crippen LogP contribution in [0.15, 0.2) is 0 Å². The molecule has 88 valence electrons. The zero-order valence-electron chi connectivity index (χ0n) is 9.45. The van der Waals surface area contributed by atoms with E-state index in [1.54, 1.807) is 0 Å². The number of carboxylic acid groups (broad SMARTS) is 1. The molecule has 1 amide bonds. The zero-order chi connectivity index (χ0) is 11.8. The van der Waals surface area contributed by atoms with E-state index in [2.05, 4.69) is 5.32 Å². The largest absolute Gasteiger partial charge is 0.481 e. The summed E-state index contributed by atoms with van der Waals surface area (Å²) in [7, 11) is 0. The van der Waals surface area contributed by atoms with Crippen molar-refractivity contribution in [1.82, 2.24) is 5.32 Å². The number of carbonyl (C=O) groups is 2. The molecule has 0 radical (unpaired) electrons. The van der Waals surface area contributed by atoms with Gasteiger partial charge in [0.2, 0.25) is 0 Å². The van der Waals surface area contributed by atoms with Gasteiger partial charge < -0.3 is 15.2 Å². The van der Waals surface area contributed by atoms with Crippen molar-refractivity contribution in [2.24, 2.45) is 5.92 Å². The quantitative estimate of drug-likeness (QED) is 0.709. The Balaban J connectivity index is 3.85. The lowest BCUT2D eigenvalue weighted by Crippen LogP contribution is -2.36. The van der Waals surface area contributed by atoms with Crippen LogP contribution in [-0.4, -0.2) is 29.8 Å². The lowest BCUT2D eigenvalue weighted by atomic mass is 10.1. The van der Waals surface area contributed by atoms with Crippen molar-refractivity contribution < 1.29 is 19.4 Å². The first-order valence-corrected chi connectivity index (χ1v) is 5.10. The van der Waals surface area contributed by atoms with Crippen LogP contribution < -0.4 is 5.32 Å². The van der Waals surface area contributed by atoms with Gasteiger partial charge in [-0.25, -0.2) is 4.79 Å². The molecular weight excluding hydrogens is 198 g/mol. The number of rotatable bonds is 6. The number of ether oxygens (including phenoxy) is 1. The van der Waals surface area contributed by atoms with Crippen molar-refractivity contribution in [3.8, 4) is 0 Å². The lowest BCUT2D eigenvalue weighted by Gasteiger charge is -2.15. The van der Waals surface area contributed by atoms with E-state index in [0.29, 0.717) is 13.0 Å². The molecule has 1 atom stereocenters. The third-order valence-corrected chi connectivity index (χ3v) is 1.78. The maximum atomic E-state index is 11.2. The molecule has 0 aliphatic heterocycles. The third kappa shape index (κ3) is 7.78. The molecule has 0 heterocycles. The number of hydrogen-bond donors (Lipinski definition) is 2. The molecule has 0 aliphatic rings. The van der Waals surface area contributed by atoms with E-state index in [-0.39, 0.29) is 18.4 Å². The van der Waals surface area contributed by atoms with Crippen LogP contribution in [-0.2, 0) is 9.53 Å². The Morgan fingerprint density at radius 3 is 2.40 bits per heavy atom. The topological polar surface area (TPSA) is 75.6 Å². The minimum Gasteiger partial charge on any atom is -0.481 e. The molecule has 0 aromatic rings. The van der Waals surface area contributed by atoms with E-state index in [4.69, 9.17) is 9.84 Å². The Morgan fingerprint density at radius 2 is 2.00 bits per heavy atom. The maximum Gasteiger partial charge on any atom is 0.407 e. The first-order valence-electron chi connectivity index (χ1n) is 5.10. The van der Waals surface area contributed by atoms with Gasteiger partial charge in [0.1, 0.15) is 0 Å². The molecule has 2 N–H and O–H groups in total. The molecule has 0 spiro atoms. The van der Waals surface area contributed by atoms with Crippen molar-refractivity contribution in [1.29, 1.82) is 0 Å². The lowest BCUT2D eigenvalue weighted by molar-refractivity contribution is -0.137. The zero-order valence-corrected chi connectivity index (χ0v) is 9.45. The number of aliphatic carboxylic acids is 1. The monoisotopic (exact) mass is 217 g/mol. The number of alkyl carbamates (subject to hydrolysis) is 1. The molecule has 1 unspecified atom stereocenters. The van der Waals surface area contributed by atoms with E-state index in [9.17, 15) is 9.59 Å². The average Bonchev–Trinajstić information content (AvgIpc) is 2.13. The molecular formula is C10H19NO4. The van der Waals surface area contributed by atoms with E-state index in [1.165, 1.54) is 0 Å². The van der Waals surface area contributed by atoms with Crippen LogP contribution in [0.4, 0.5) is 4.79 Å². The maximum absolute atomic E-state index is 11.2. The van der Waals surface area contributed by atoms with Crippen molar-refractivity contribution in [2.75, 3.05) is 6.61 Å². The molecule has 0 aliphatic carbocycles. The second kappa shape index (κ2) is 7.09. The van der Waals surface area contributed by atoms with Gasteiger partial charge in [-0.05, 0) is 12.3 Å². The molecule has 0 rings (SSSR count). The Hall–Kier alpha value is -1.26. The number of carboxylic acids is 1. The third-order valence-electron chi connectivity index (χ3n) is 1.78. The molecule has 0 saturated heterocycles. The number of amides is 1. The first kappa shape index (κ1) is 13.7. The fraction of sp³-hybridized carbons (Fsp3) is 0.800. The highest BCUT2D eigenvalue weighted by Crippen LogP contribution is 1.99. The SMILES string of the molecule is CCC(CC(=O)O)NC(=O)OCC(C)C. The van der Waals surface area contributed by atoms with Gasteiger partial charge in [0.25, 0.3) is 0 Å². The van der Waals surface area contributed by atoms with Crippen molar-refractivity contribution in [3.05, 3.63) is 0 Å². The van der Waals surface area contributed by atoms with Gasteiger partial charge in [-0.2, -0.15) is 0 Å². The Morgan fingerprint density at radius 1 is 1.40 bits per heavy atom. The van der Waals surface area contributed by atoms with Crippen LogP contribution >= 0.6 is 0 Å². The fourth-order valence-electron chi connectivity index (χ4n) is 0.959. The number of carbonyl (C=O) groups excluding carboxylic acids is 1. The molecule has 5 nitrogen and oxygen atoms in total. The van der Waals surface area contributed by atoms with Crippen LogP contribution in [0.3, 0.4) is 0 Å². The summed E-state index contributed by atoms with van der Waals surface area (Å²) in [4.78, 5) is 21.6. The summed E-state index contributed by atoms with van der Waals surface area (Å²) in [5, 5.41) is 11.1. The highest BCUT2D eigenvalue weighted by molar-refractivity contribution is 5.71. The summed E-state index contributed by atoms with van der Waals surface area (Å²) in [5.74, 6) is -0.652. The van der Waals surface area contributed by atoms with E-state index < -0.39 is 12.1 Å². The smallest absolute Gasteiger partial charge is 0.407 e. The van der Waals surface area contributed by atoms with Crippen LogP contribution in [0.1, 0.15) is 33.6 Å². The van der Waals surface area contributed by atoms with Gasteiger partial charge >= 0.3 is 12.1 Å². The van der Waals surface area contributed by atoms with Gasteiger partial charge in [-0.1, -0.05) is 20.8 Å². The van der Waals surface area contributed by atoms with Gasteiger partial charge in [0, 0.05) is 6.04 Å². The molecule has 0 saturated carbocycles. The highest BCUT2D eigenvalue weighted by Gasteiger charge is 2.14. The number of hydrogen-bond acceptors (Lipinski definition) is 3. The van der Waals surface area contributed by atoms with Gasteiger partial charge in [-0.3, -0.25) is 4.79 Å². The van der Waals surface area contributed by atoms with Gasteiger partial charge in [0.15, 0.2) is 0 Å². The first-order chi connectivity index (χ1) is 6.95. The Labute approximate surface area is 89.8 Å². The summed E-state index contributed by atoms with van der Waals surface area (Å²) < 4.78 is 4.87. The van der Waals surface area contributed by atoms with Gasteiger partial charge in [-0.15, -0.1) is 0 Å². The minimum atomic E-state index is -0.925. The van der Waals surface area contributed by atoms with Crippen LogP contribution in [0.5, 0.6) is 0 Å². The number of nitrogens with one attached hydrogen (secondary N) is 1. The van der Waals surface area contributed by atoms with E-state index in [0.717, 1.165) is 0 Å². The second-order valence-corrected chi connectivity index (χ2v) is 3.84. The van der Waals surface area contributed by atoms with Crippen LogP contribution in [0.25, 0.3) is 0 Å². The Kier molecular flexibility index (Phi) is 6.49. The molecule has 0 aromatic heterocycles. The summed E-state index contributed by atoms with van der Waals surface area (Å²) >= 11 is 0. The average molecular weight is 217 g/mol. The Bertz CT molecular complexity index is 215. The van der Waals surface area contributed by atoms with Crippen molar-refractivity contribution in [2.45, 2.75) is 39.7 Å². The van der Waals surface area contributed by atoms with E-state index in [1.807, 2.05) is 20.8 Å². The minimum absolute atomic E-state index is 0.0761. The summed E-state index contributed by atoms with van der Waals surface area (Å²) in [6.07, 6.45) is -0.0482. The van der Waals surface area contributed by atoms with E-state index >= 15 is 0 Å².